The Morgan fingerprint density at radius 3 is 1.69 bits per heavy atom. The SMILES string of the molecule is Nc1ccc(C#Cc2ccc(Br)cc2)cc1. The van der Waals surface area contributed by atoms with Crippen molar-refractivity contribution < 1.29 is 0 Å². The van der Waals surface area contributed by atoms with Gasteiger partial charge in [-0.05, 0) is 48.5 Å². The van der Waals surface area contributed by atoms with E-state index >= 15 is 0 Å². The van der Waals surface area contributed by atoms with Crippen LogP contribution in [0.2, 0.25) is 0 Å². The van der Waals surface area contributed by atoms with Gasteiger partial charge in [-0.25, -0.2) is 0 Å². The van der Waals surface area contributed by atoms with Crippen molar-refractivity contribution in [1.29, 1.82) is 0 Å². The molecule has 2 rings (SSSR count). The van der Waals surface area contributed by atoms with E-state index in [0.717, 1.165) is 21.3 Å². The third kappa shape index (κ3) is 2.88. The molecule has 0 saturated carbocycles. The molecule has 2 N–H and O–H groups in total. The van der Waals surface area contributed by atoms with Gasteiger partial charge in [0.1, 0.15) is 0 Å². The summed E-state index contributed by atoms with van der Waals surface area (Å²) in [6, 6.07) is 15.5. The summed E-state index contributed by atoms with van der Waals surface area (Å²) in [6.45, 7) is 0. The van der Waals surface area contributed by atoms with Crippen LogP contribution in [0.15, 0.2) is 53.0 Å². The minimum absolute atomic E-state index is 0.759. The average Bonchev–Trinajstić information content (AvgIpc) is 2.30. The first kappa shape index (κ1) is 10.8. The molecule has 0 unspecified atom stereocenters. The van der Waals surface area contributed by atoms with Crippen molar-refractivity contribution in [2.24, 2.45) is 0 Å². The van der Waals surface area contributed by atoms with Crippen LogP contribution in [0.5, 0.6) is 0 Å². The molecule has 0 radical (unpaired) electrons. The lowest BCUT2D eigenvalue weighted by atomic mass is 10.2. The molecule has 2 aromatic carbocycles. The summed E-state index contributed by atoms with van der Waals surface area (Å²) < 4.78 is 1.06. The Bertz CT molecular complexity index is 480. The maximum atomic E-state index is 5.60. The maximum absolute atomic E-state index is 5.60. The number of halogens is 1. The number of hydrogen-bond acceptors (Lipinski definition) is 1. The zero-order valence-corrected chi connectivity index (χ0v) is 10.2. The standard InChI is InChI=1S/C14H10BrN/c15-13-7-3-11(4-8-13)1-2-12-5-9-14(16)10-6-12/h3-10H,16H2. The second kappa shape index (κ2) is 4.87. The summed E-state index contributed by atoms with van der Waals surface area (Å²) in [6.07, 6.45) is 0. The minimum Gasteiger partial charge on any atom is -0.399 e. The molecule has 0 fully saturated rings. The van der Waals surface area contributed by atoms with E-state index in [1.807, 2.05) is 48.5 Å². The van der Waals surface area contributed by atoms with Crippen LogP contribution in [0.25, 0.3) is 0 Å². The molecular weight excluding hydrogens is 262 g/mol. The van der Waals surface area contributed by atoms with Crippen molar-refractivity contribution in [3.8, 4) is 11.8 Å². The second-order valence-electron chi connectivity index (χ2n) is 3.38. The highest BCUT2D eigenvalue weighted by Crippen LogP contribution is 2.10. The zero-order chi connectivity index (χ0) is 11.4. The Balaban J connectivity index is 2.21. The minimum atomic E-state index is 0.759. The Labute approximate surface area is 103 Å². The smallest absolute Gasteiger partial charge is 0.0314 e. The fourth-order valence-corrected chi connectivity index (χ4v) is 1.51. The molecule has 16 heavy (non-hydrogen) atoms. The average molecular weight is 272 g/mol. The van der Waals surface area contributed by atoms with Crippen LogP contribution < -0.4 is 5.73 Å². The molecule has 0 atom stereocenters. The Morgan fingerprint density at radius 1 is 0.750 bits per heavy atom. The van der Waals surface area contributed by atoms with Crippen molar-refractivity contribution in [3.05, 3.63) is 64.1 Å². The predicted octanol–water partition coefficient (Wildman–Crippen LogP) is 3.43. The number of anilines is 1. The third-order valence-corrected chi connectivity index (χ3v) is 2.63. The molecule has 1 nitrogen and oxygen atoms in total. The Kier molecular flexibility index (Phi) is 3.28. The fourth-order valence-electron chi connectivity index (χ4n) is 1.24. The van der Waals surface area contributed by atoms with Gasteiger partial charge >= 0.3 is 0 Å². The number of benzene rings is 2. The van der Waals surface area contributed by atoms with Gasteiger partial charge in [0.2, 0.25) is 0 Å². The van der Waals surface area contributed by atoms with E-state index in [1.54, 1.807) is 0 Å². The zero-order valence-electron chi connectivity index (χ0n) is 8.57. The molecule has 0 heterocycles. The van der Waals surface area contributed by atoms with Crippen molar-refractivity contribution in [2.45, 2.75) is 0 Å². The highest BCUT2D eigenvalue weighted by molar-refractivity contribution is 9.10. The molecule has 2 aromatic rings. The highest BCUT2D eigenvalue weighted by Gasteiger charge is 1.88. The summed E-state index contributed by atoms with van der Waals surface area (Å²) >= 11 is 3.39. The summed E-state index contributed by atoms with van der Waals surface area (Å²) in [5, 5.41) is 0. The molecule has 0 aromatic heterocycles. The lowest BCUT2D eigenvalue weighted by Crippen LogP contribution is -1.83. The van der Waals surface area contributed by atoms with E-state index in [-0.39, 0.29) is 0 Å². The summed E-state index contributed by atoms with van der Waals surface area (Å²) in [5.41, 5.74) is 8.33. The van der Waals surface area contributed by atoms with Crippen LogP contribution >= 0.6 is 15.9 Å². The molecular formula is C14H10BrN. The van der Waals surface area contributed by atoms with Crippen LogP contribution in [-0.2, 0) is 0 Å². The van der Waals surface area contributed by atoms with Crippen LogP contribution in [0.1, 0.15) is 11.1 Å². The van der Waals surface area contributed by atoms with E-state index < -0.39 is 0 Å². The van der Waals surface area contributed by atoms with Gasteiger partial charge in [0.15, 0.2) is 0 Å². The van der Waals surface area contributed by atoms with E-state index in [2.05, 4.69) is 27.8 Å². The summed E-state index contributed by atoms with van der Waals surface area (Å²) in [7, 11) is 0. The number of hydrogen-bond donors (Lipinski definition) is 1. The van der Waals surface area contributed by atoms with E-state index in [0.29, 0.717) is 0 Å². The molecule has 0 aliphatic heterocycles. The van der Waals surface area contributed by atoms with Crippen molar-refractivity contribution in [3.63, 3.8) is 0 Å². The highest BCUT2D eigenvalue weighted by atomic mass is 79.9. The molecule has 0 aliphatic rings. The van der Waals surface area contributed by atoms with Gasteiger partial charge in [-0.3, -0.25) is 0 Å². The van der Waals surface area contributed by atoms with Crippen LogP contribution in [0, 0.1) is 11.8 Å². The first-order valence-corrected chi connectivity index (χ1v) is 5.66. The first-order chi connectivity index (χ1) is 7.74. The van der Waals surface area contributed by atoms with E-state index in [4.69, 9.17) is 5.73 Å². The molecule has 2 heteroatoms. The molecule has 0 spiro atoms. The normalized spacial score (nSPS) is 9.31. The molecule has 0 amide bonds. The fraction of sp³-hybridized carbons (Fsp3) is 0. The number of nitrogen functional groups attached to an aromatic ring is 1. The predicted molar refractivity (Wildman–Crippen MR) is 71.0 cm³/mol. The largest absolute Gasteiger partial charge is 0.399 e. The maximum Gasteiger partial charge on any atom is 0.0314 e. The van der Waals surface area contributed by atoms with Gasteiger partial charge in [-0.1, -0.05) is 27.8 Å². The Hall–Kier alpha value is -1.72. The lowest BCUT2D eigenvalue weighted by molar-refractivity contribution is 1.59. The second-order valence-corrected chi connectivity index (χ2v) is 4.29. The summed E-state index contributed by atoms with van der Waals surface area (Å²) in [4.78, 5) is 0. The van der Waals surface area contributed by atoms with Gasteiger partial charge in [0.25, 0.3) is 0 Å². The Morgan fingerprint density at radius 2 is 1.19 bits per heavy atom. The van der Waals surface area contributed by atoms with Crippen LogP contribution in [-0.4, -0.2) is 0 Å². The number of rotatable bonds is 0. The quantitative estimate of drug-likeness (QED) is 0.577. The van der Waals surface area contributed by atoms with Gasteiger partial charge < -0.3 is 5.73 Å². The van der Waals surface area contributed by atoms with Gasteiger partial charge in [-0.2, -0.15) is 0 Å². The van der Waals surface area contributed by atoms with E-state index in [1.165, 1.54) is 0 Å². The first-order valence-electron chi connectivity index (χ1n) is 4.87. The van der Waals surface area contributed by atoms with Crippen molar-refractivity contribution in [1.82, 2.24) is 0 Å². The molecule has 0 aliphatic carbocycles. The number of nitrogens with two attached hydrogens (primary N) is 1. The van der Waals surface area contributed by atoms with Gasteiger partial charge in [0.05, 0.1) is 0 Å². The topological polar surface area (TPSA) is 26.0 Å². The van der Waals surface area contributed by atoms with Gasteiger partial charge in [0, 0.05) is 21.3 Å². The van der Waals surface area contributed by atoms with Crippen molar-refractivity contribution in [2.75, 3.05) is 5.73 Å². The van der Waals surface area contributed by atoms with Crippen molar-refractivity contribution >= 4 is 21.6 Å². The van der Waals surface area contributed by atoms with E-state index in [9.17, 15) is 0 Å². The van der Waals surface area contributed by atoms with Crippen LogP contribution in [0.3, 0.4) is 0 Å². The third-order valence-electron chi connectivity index (χ3n) is 2.11. The monoisotopic (exact) mass is 271 g/mol. The molecule has 0 bridgehead atoms. The molecule has 0 saturated heterocycles. The van der Waals surface area contributed by atoms with Crippen LogP contribution in [0.4, 0.5) is 5.69 Å². The summed E-state index contributed by atoms with van der Waals surface area (Å²) in [5.74, 6) is 6.18. The lowest BCUT2D eigenvalue weighted by Gasteiger charge is -1.92. The van der Waals surface area contributed by atoms with Gasteiger partial charge in [-0.15, -0.1) is 0 Å². The molecule has 78 valence electrons.